The predicted molar refractivity (Wildman–Crippen MR) is 124 cm³/mol. The van der Waals surface area contributed by atoms with Crippen molar-refractivity contribution < 1.29 is 19.3 Å². The van der Waals surface area contributed by atoms with Gasteiger partial charge in [-0.05, 0) is 71.2 Å². The smallest absolute Gasteiger partial charge is 0.171 e. The molecule has 2 saturated carbocycles. The lowest BCUT2D eigenvalue weighted by Gasteiger charge is -2.66. The quantitative estimate of drug-likeness (QED) is 0.647. The molecule has 6 heteroatoms. The fourth-order valence-electron chi connectivity index (χ4n) is 8.60. The summed E-state index contributed by atoms with van der Waals surface area (Å²) >= 11 is 0. The van der Waals surface area contributed by atoms with Crippen LogP contribution in [-0.2, 0) is 14.2 Å². The maximum Gasteiger partial charge on any atom is 0.171 e. The number of ether oxygens (including phenoxy) is 3. The zero-order chi connectivity index (χ0) is 23.2. The first-order valence-corrected chi connectivity index (χ1v) is 12.7. The average Bonchev–Trinajstić information content (AvgIpc) is 3.09. The summed E-state index contributed by atoms with van der Waals surface area (Å²) in [5.41, 5.74) is 1.44. The second kappa shape index (κ2) is 7.50. The van der Waals surface area contributed by atoms with E-state index in [1.54, 1.807) is 0 Å². The number of fused-ring (bicyclic) bond motifs is 8. The van der Waals surface area contributed by atoms with Crippen LogP contribution in [0.2, 0.25) is 0 Å². The van der Waals surface area contributed by atoms with Gasteiger partial charge in [0.2, 0.25) is 0 Å². The fraction of sp³-hybridized carbons (Fsp3) is 0.923. The minimum atomic E-state index is -0.780. The molecule has 3 aliphatic carbocycles. The predicted octanol–water partition coefficient (Wildman–Crippen LogP) is 3.15. The van der Waals surface area contributed by atoms with E-state index < -0.39 is 5.60 Å². The minimum absolute atomic E-state index is 0.00849. The van der Waals surface area contributed by atoms with E-state index in [1.807, 2.05) is 7.05 Å². The summed E-state index contributed by atoms with van der Waals surface area (Å²) < 4.78 is 19.8. The molecule has 5 rings (SSSR count). The van der Waals surface area contributed by atoms with Crippen molar-refractivity contribution in [1.82, 2.24) is 10.2 Å². The third kappa shape index (κ3) is 2.93. The van der Waals surface area contributed by atoms with Crippen molar-refractivity contribution in [1.29, 1.82) is 0 Å². The zero-order valence-corrected chi connectivity index (χ0v) is 21.3. The monoisotopic (exact) mass is 448 g/mol. The standard InChI is InChI=1S/C26H44N2O4/c1-14-9-12-26(29)15(2)20-18-16(30-23(18)27-6)10-11-25(20,5)22-21(19(14)24(26,3)4)31-17(32-22)13-28(7)8/h15-18,20-23,27,29H,9-13H2,1-8H3. The number of likely N-dealkylation sites (N-methyl/N-ethyl adjacent to an activating group) is 1. The van der Waals surface area contributed by atoms with Crippen LogP contribution >= 0.6 is 0 Å². The van der Waals surface area contributed by atoms with Crippen molar-refractivity contribution in [3.8, 4) is 0 Å². The van der Waals surface area contributed by atoms with E-state index in [0.717, 1.165) is 32.2 Å². The molecule has 32 heavy (non-hydrogen) atoms. The van der Waals surface area contributed by atoms with Crippen LogP contribution < -0.4 is 5.32 Å². The van der Waals surface area contributed by atoms with Crippen LogP contribution in [0.25, 0.3) is 0 Å². The first-order chi connectivity index (χ1) is 15.0. The molecule has 0 aromatic carbocycles. The number of aliphatic hydroxyl groups is 1. The molecule has 4 fully saturated rings. The Morgan fingerprint density at radius 3 is 2.50 bits per heavy atom. The zero-order valence-electron chi connectivity index (χ0n) is 21.3. The van der Waals surface area contributed by atoms with Crippen LogP contribution in [0.5, 0.6) is 0 Å². The molecule has 10 unspecified atom stereocenters. The molecule has 2 saturated heterocycles. The first-order valence-electron chi connectivity index (χ1n) is 12.7. The highest BCUT2D eigenvalue weighted by atomic mass is 16.7. The van der Waals surface area contributed by atoms with Crippen LogP contribution in [0, 0.1) is 28.6 Å². The van der Waals surface area contributed by atoms with Crippen LogP contribution in [0.3, 0.4) is 0 Å². The van der Waals surface area contributed by atoms with Crippen LogP contribution in [0.4, 0.5) is 0 Å². The van der Waals surface area contributed by atoms with E-state index in [-0.39, 0.29) is 47.6 Å². The SMILES string of the molecule is CNC1OC2CCC3(C)C4OC(CN(C)C)OC4C4=C(C)CCC(O)(C(C)C3C21)C4(C)C. The van der Waals surface area contributed by atoms with Gasteiger partial charge in [-0.2, -0.15) is 0 Å². The van der Waals surface area contributed by atoms with E-state index in [2.05, 4.69) is 58.9 Å². The van der Waals surface area contributed by atoms with Crippen molar-refractivity contribution in [3.63, 3.8) is 0 Å². The van der Waals surface area contributed by atoms with Gasteiger partial charge in [0.1, 0.15) is 12.3 Å². The third-order valence-corrected chi connectivity index (χ3v) is 10.2. The normalized spacial score (nSPS) is 51.9. The molecule has 182 valence electrons. The lowest BCUT2D eigenvalue weighted by molar-refractivity contribution is -0.292. The van der Waals surface area contributed by atoms with Gasteiger partial charge >= 0.3 is 0 Å². The number of rotatable bonds is 3. The van der Waals surface area contributed by atoms with Crippen LogP contribution in [0.15, 0.2) is 11.1 Å². The molecule has 10 atom stereocenters. The van der Waals surface area contributed by atoms with E-state index in [0.29, 0.717) is 11.8 Å². The van der Waals surface area contributed by atoms with E-state index in [4.69, 9.17) is 14.2 Å². The summed E-state index contributed by atoms with van der Waals surface area (Å²) in [6, 6.07) is 0. The molecular formula is C26H44N2O4. The van der Waals surface area contributed by atoms with Crippen LogP contribution in [0.1, 0.15) is 60.3 Å². The number of allylic oxidation sites excluding steroid dienone is 1. The Hall–Kier alpha value is -0.500. The van der Waals surface area contributed by atoms with Gasteiger partial charge in [0, 0.05) is 23.3 Å². The van der Waals surface area contributed by atoms with Gasteiger partial charge in [-0.3, -0.25) is 5.32 Å². The summed E-state index contributed by atoms with van der Waals surface area (Å²) in [6.07, 6.45) is 3.80. The molecule has 0 amide bonds. The van der Waals surface area contributed by atoms with Gasteiger partial charge in [-0.1, -0.05) is 33.3 Å². The molecule has 2 aliphatic heterocycles. The molecule has 0 spiro atoms. The average molecular weight is 449 g/mol. The lowest BCUT2D eigenvalue weighted by atomic mass is 9.44. The van der Waals surface area contributed by atoms with E-state index in [9.17, 15) is 5.11 Å². The van der Waals surface area contributed by atoms with Gasteiger partial charge in [0.15, 0.2) is 6.29 Å². The molecule has 2 bridgehead atoms. The number of hydrogen-bond acceptors (Lipinski definition) is 6. The third-order valence-electron chi connectivity index (χ3n) is 10.2. The molecule has 2 N–H and O–H groups in total. The fourth-order valence-corrected chi connectivity index (χ4v) is 8.60. The van der Waals surface area contributed by atoms with Gasteiger partial charge < -0.3 is 24.2 Å². The van der Waals surface area contributed by atoms with Gasteiger partial charge in [0.25, 0.3) is 0 Å². The number of hydrogen-bond donors (Lipinski definition) is 2. The molecule has 2 heterocycles. The Labute approximate surface area is 194 Å². The number of nitrogens with zero attached hydrogens (tertiary/aromatic N) is 1. The van der Waals surface area contributed by atoms with Crippen molar-refractivity contribution in [2.45, 2.75) is 96.7 Å². The largest absolute Gasteiger partial charge is 0.389 e. The Balaban J connectivity index is 1.67. The highest BCUT2D eigenvalue weighted by Crippen LogP contribution is 2.66. The Morgan fingerprint density at radius 1 is 1.12 bits per heavy atom. The van der Waals surface area contributed by atoms with E-state index >= 15 is 0 Å². The summed E-state index contributed by atoms with van der Waals surface area (Å²) in [6.45, 7) is 12.2. The Morgan fingerprint density at radius 2 is 1.84 bits per heavy atom. The summed E-state index contributed by atoms with van der Waals surface area (Å²) in [4.78, 5) is 2.14. The first kappa shape index (κ1) is 23.3. The Bertz CT molecular complexity index is 793. The van der Waals surface area contributed by atoms with E-state index in [1.165, 1.54) is 11.1 Å². The second-order valence-electron chi connectivity index (χ2n) is 12.4. The summed E-state index contributed by atoms with van der Waals surface area (Å²) in [7, 11) is 6.14. The lowest BCUT2D eigenvalue weighted by Crippen LogP contribution is -2.71. The molecule has 5 aliphatic rings. The van der Waals surface area contributed by atoms with Gasteiger partial charge in [0.05, 0.1) is 17.8 Å². The molecule has 0 aromatic rings. The van der Waals surface area contributed by atoms with Gasteiger partial charge in [-0.15, -0.1) is 0 Å². The molecule has 0 radical (unpaired) electrons. The van der Waals surface area contributed by atoms with Crippen molar-refractivity contribution in [2.75, 3.05) is 27.7 Å². The highest BCUT2D eigenvalue weighted by molar-refractivity contribution is 5.36. The number of nitrogens with one attached hydrogen (secondary N) is 1. The second-order valence-corrected chi connectivity index (χ2v) is 12.4. The maximum absolute atomic E-state index is 12.5. The van der Waals surface area contributed by atoms with Crippen molar-refractivity contribution in [2.24, 2.45) is 28.6 Å². The highest BCUT2D eigenvalue weighted by Gasteiger charge is 2.69. The maximum atomic E-state index is 12.5. The van der Waals surface area contributed by atoms with Crippen LogP contribution in [-0.4, -0.2) is 74.1 Å². The Kier molecular flexibility index (Phi) is 5.45. The van der Waals surface area contributed by atoms with Gasteiger partial charge in [-0.25, -0.2) is 0 Å². The topological polar surface area (TPSA) is 63.2 Å². The summed E-state index contributed by atoms with van der Waals surface area (Å²) in [5.74, 6) is 0.820. The molecular weight excluding hydrogens is 404 g/mol. The molecule has 0 aromatic heterocycles. The molecule has 6 nitrogen and oxygen atoms in total. The minimum Gasteiger partial charge on any atom is -0.389 e. The van der Waals surface area contributed by atoms with Crippen molar-refractivity contribution >= 4 is 0 Å². The summed E-state index contributed by atoms with van der Waals surface area (Å²) in [5, 5.41) is 15.9. The van der Waals surface area contributed by atoms with Crippen molar-refractivity contribution in [3.05, 3.63) is 11.1 Å².